The predicted molar refractivity (Wildman–Crippen MR) is 90.6 cm³/mol. The Morgan fingerprint density at radius 1 is 0.909 bits per heavy atom. The summed E-state index contributed by atoms with van der Waals surface area (Å²) in [5.74, 6) is 0.801. The molecule has 0 aliphatic heterocycles. The molecule has 0 N–H and O–H groups in total. The van der Waals surface area contributed by atoms with E-state index in [-0.39, 0.29) is 6.16 Å². The smallest absolute Gasteiger partial charge is 0.336 e. The summed E-state index contributed by atoms with van der Waals surface area (Å²) in [6, 6.07) is 7.54. The topological polar surface area (TPSA) is 44.8 Å². The number of rotatable bonds is 6. The van der Waals surface area contributed by atoms with Gasteiger partial charge in [0.25, 0.3) is 0 Å². The minimum atomic E-state index is -3.26. The first-order chi connectivity index (χ1) is 9.92. The second-order valence-electron chi connectivity index (χ2n) is 7.25. The van der Waals surface area contributed by atoms with Crippen LogP contribution in [0.1, 0.15) is 54.0 Å². The molecule has 0 aliphatic rings. The largest absolute Gasteiger partial charge is 0.494 e. The van der Waals surface area contributed by atoms with Crippen molar-refractivity contribution in [3.63, 3.8) is 0 Å². The van der Waals surface area contributed by atoms with Crippen LogP contribution in [-0.2, 0) is 19.8 Å². The first-order valence-electron chi connectivity index (χ1n) is 7.65. The maximum atomic E-state index is 13.1. The van der Waals surface area contributed by atoms with Gasteiger partial charge >= 0.3 is 7.60 Å². The second-order valence-corrected chi connectivity index (χ2v) is 9.16. The lowest BCUT2D eigenvalue weighted by Gasteiger charge is -2.32. The van der Waals surface area contributed by atoms with Crippen molar-refractivity contribution in [2.24, 2.45) is 0 Å². The van der Waals surface area contributed by atoms with Crippen LogP contribution in [0.5, 0.6) is 5.75 Å². The van der Waals surface area contributed by atoms with Gasteiger partial charge in [-0.15, -0.1) is 0 Å². The Morgan fingerprint density at radius 2 is 1.36 bits per heavy atom. The molecule has 0 radical (unpaired) electrons. The fourth-order valence-electron chi connectivity index (χ4n) is 2.00. The first kappa shape index (κ1) is 19.2. The van der Waals surface area contributed by atoms with Gasteiger partial charge in [0.1, 0.15) is 5.75 Å². The van der Waals surface area contributed by atoms with Gasteiger partial charge in [-0.05, 0) is 66.2 Å². The zero-order valence-electron chi connectivity index (χ0n) is 14.8. The van der Waals surface area contributed by atoms with Gasteiger partial charge in [0.05, 0.1) is 24.0 Å². The van der Waals surface area contributed by atoms with Crippen LogP contribution in [0.2, 0.25) is 0 Å². The quantitative estimate of drug-likeness (QED) is 0.655. The highest BCUT2D eigenvalue weighted by Gasteiger charge is 2.35. The number of hydrogen-bond acceptors (Lipinski definition) is 4. The lowest BCUT2D eigenvalue weighted by Crippen LogP contribution is -2.24. The minimum Gasteiger partial charge on any atom is -0.494 e. The van der Waals surface area contributed by atoms with Gasteiger partial charge in [-0.1, -0.05) is 12.1 Å². The van der Waals surface area contributed by atoms with E-state index >= 15 is 0 Å². The fourth-order valence-corrected chi connectivity index (χ4v) is 4.49. The minimum absolute atomic E-state index is 0.244. The average molecular weight is 328 g/mol. The van der Waals surface area contributed by atoms with Crippen LogP contribution in [0, 0.1) is 0 Å². The Hall–Kier alpha value is -0.830. The number of ether oxygens (including phenoxy) is 1. The van der Waals surface area contributed by atoms with Crippen LogP contribution in [0.15, 0.2) is 24.3 Å². The molecule has 5 heteroatoms. The molecule has 4 nitrogen and oxygen atoms in total. The van der Waals surface area contributed by atoms with Gasteiger partial charge in [-0.3, -0.25) is 4.57 Å². The van der Waals surface area contributed by atoms with Gasteiger partial charge in [0, 0.05) is 0 Å². The van der Waals surface area contributed by atoms with Crippen LogP contribution in [0.25, 0.3) is 0 Å². The van der Waals surface area contributed by atoms with E-state index in [1.807, 2.05) is 72.7 Å². The summed E-state index contributed by atoms with van der Waals surface area (Å²) in [4.78, 5) is 0. The molecule has 22 heavy (non-hydrogen) atoms. The maximum absolute atomic E-state index is 13.1. The SMILES string of the molecule is CCOc1ccc(CP(=O)(OC(C)(C)C)OC(C)(C)C)cc1. The molecule has 0 unspecified atom stereocenters. The Balaban J connectivity index is 2.95. The van der Waals surface area contributed by atoms with Crippen molar-refractivity contribution in [1.29, 1.82) is 0 Å². The van der Waals surface area contributed by atoms with E-state index in [0.717, 1.165) is 11.3 Å². The Kier molecular flexibility index (Phi) is 6.26. The summed E-state index contributed by atoms with van der Waals surface area (Å²) >= 11 is 0. The molecule has 126 valence electrons. The van der Waals surface area contributed by atoms with Crippen molar-refractivity contribution in [1.82, 2.24) is 0 Å². The molecule has 0 fully saturated rings. The molecule has 1 aromatic rings. The molecule has 0 spiro atoms. The third-order valence-corrected chi connectivity index (χ3v) is 4.84. The first-order valence-corrected chi connectivity index (χ1v) is 9.37. The third kappa shape index (κ3) is 7.44. The van der Waals surface area contributed by atoms with Crippen molar-refractivity contribution in [3.8, 4) is 5.75 Å². The summed E-state index contributed by atoms with van der Waals surface area (Å²) in [5, 5.41) is 0. The van der Waals surface area contributed by atoms with Gasteiger partial charge in [-0.2, -0.15) is 0 Å². The van der Waals surface area contributed by atoms with Crippen molar-refractivity contribution >= 4 is 7.60 Å². The molecular weight excluding hydrogens is 299 g/mol. The number of hydrogen-bond donors (Lipinski definition) is 0. The summed E-state index contributed by atoms with van der Waals surface area (Å²) in [6.07, 6.45) is 0.244. The average Bonchev–Trinajstić information content (AvgIpc) is 2.26. The standard InChI is InChI=1S/C17H29O4P/c1-8-19-15-11-9-14(10-12-15)13-22(18,20-16(2,3)4)21-17(5,6)7/h9-12H,8,13H2,1-7H3. The van der Waals surface area contributed by atoms with Crippen molar-refractivity contribution in [2.75, 3.05) is 6.61 Å². The van der Waals surface area contributed by atoms with Crippen molar-refractivity contribution in [3.05, 3.63) is 29.8 Å². The third-order valence-electron chi connectivity index (χ3n) is 2.44. The highest BCUT2D eigenvalue weighted by molar-refractivity contribution is 7.53. The highest BCUT2D eigenvalue weighted by atomic mass is 31.2. The summed E-state index contributed by atoms with van der Waals surface area (Å²) in [7, 11) is -3.26. The van der Waals surface area contributed by atoms with Crippen molar-refractivity contribution in [2.45, 2.75) is 65.8 Å². The molecule has 0 saturated heterocycles. The van der Waals surface area contributed by atoms with Crippen LogP contribution < -0.4 is 4.74 Å². The van der Waals surface area contributed by atoms with Crippen LogP contribution in [0.3, 0.4) is 0 Å². The van der Waals surface area contributed by atoms with Crippen molar-refractivity contribution < 1.29 is 18.3 Å². The van der Waals surface area contributed by atoms with Gasteiger partial charge in [0.2, 0.25) is 0 Å². The monoisotopic (exact) mass is 328 g/mol. The molecule has 0 amide bonds. The fraction of sp³-hybridized carbons (Fsp3) is 0.647. The summed E-state index contributed by atoms with van der Waals surface area (Å²) in [5.41, 5.74) is -0.168. The van der Waals surface area contributed by atoms with Crippen LogP contribution in [0.4, 0.5) is 0 Å². The number of benzene rings is 1. The van der Waals surface area contributed by atoms with Gasteiger partial charge in [-0.25, -0.2) is 0 Å². The normalized spacial score (nSPS) is 13.2. The zero-order valence-corrected chi connectivity index (χ0v) is 15.7. The lowest BCUT2D eigenvalue weighted by molar-refractivity contribution is 0.0485. The molecule has 0 saturated carbocycles. The molecule has 1 aromatic carbocycles. The van der Waals surface area contributed by atoms with E-state index in [1.165, 1.54) is 0 Å². The lowest BCUT2D eigenvalue weighted by atomic mass is 10.2. The van der Waals surface area contributed by atoms with Crippen LogP contribution in [-0.4, -0.2) is 17.8 Å². The molecule has 0 heterocycles. The van der Waals surface area contributed by atoms with Crippen LogP contribution >= 0.6 is 7.60 Å². The zero-order chi connectivity index (χ0) is 17.0. The van der Waals surface area contributed by atoms with E-state index in [2.05, 4.69) is 0 Å². The van der Waals surface area contributed by atoms with E-state index in [0.29, 0.717) is 6.61 Å². The van der Waals surface area contributed by atoms with E-state index in [1.54, 1.807) is 0 Å². The van der Waals surface area contributed by atoms with E-state index in [4.69, 9.17) is 13.8 Å². The van der Waals surface area contributed by atoms with E-state index < -0.39 is 18.8 Å². The van der Waals surface area contributed by atoms with Gasteiger partial charge < -0.3 is 13.8 Å². The second kappa shape index (κ2) is 7.16. The molecule has 0 aromatic heterocycles. The maximum Gasteiger partial charge on any atom is 0.336 e. The summed E-state index contributed by atoms with van der Waals surface area (Å²) < 4.78 is 30.1. The molecule has 1 rings (SSSR count). The molecular formula is C17H29O4P. The van der Waals surface area contributed by atoms with Gasteiger partial charge in [0.15, 0.2) is 0 Å². The predicted octanol–water partition coefficient (Wildman–Crippen LogP) is 5.41. The summed E-state index contributed by atoms with van der Waals surface area (Å²) in [6.45, 7) is 13.8. The Morgan fingerprint density at radius 3 is 1.73 bits per heavy atom. The highest BCUT2D eigenvalue weighted by Crippen LogP contribution is 2.56. The molecule has 0 atom stereocenters. The Bertz CT molecular complexity index is 489. The molecule has 0 bridgehead atoms. The van der Waals surface area contributed by atoms with E-state index in [9.17, 15) is 4.57 Å². The molecule has 0 aliphatic carbocycles. The Labute approximate surface area is 134 Å².